The summed E-state index contributed by atoms with van der Waals surface area (Å²) in [6.45, 7) is 3.37. The van der Waals surface area contributed by atoms with Gasteiger partial charge in [-0.1, -0.05) is 18.2 Å². The Hall–Kier alpha value is -2.35. The summed E-state index contributed by atoms with van der Waals surface area (Å²) in [4.78, 5) is 14.4. The van der Waals surface area contributed by atoms with E-state index in [1.807, 2.05) is 11.8 Å². The van der Waals surface area contributed by atoms with E-state index >= 15 is 0 Å². The Bertz CT molecular complexity index is 808. The third-order valence-corrected chi connectivity index (χ3v) is 4.87. The van der Waals surface area contributed by atoms with Crippen LogP contribution in [0.3, 0.4) is 0 Å². The number of piperidine rings is 1. The number of alkyl halides is 3. The van der Waals surface area contributed by atoms with Crippen molar-refractivity contribution in [3.63, 3.8) is 0 Å². The molecule has 1 aromatic carbocycles. The fourth-order valence-corrected chi connectivity index (χ4v) is 3.49. The zero-order valence-electron chi connectivity index (χ0n) is 15.4. The molecule has 0 aliphatic carbocycles. The van der Waals surface area contributed by atoms with Crippen LogP contribution < -0.4 is 5.32 Å². The van der Waals surface area contributed by atoms with Crippen LogP contribution in [0.15, 0.2) is 30.3 Å². The molecule has 1 fully saturated rings. The van der Waals surface area contributed by atoms with Crippen LogP contribution in [-0.4, -0.2) is 39.7 Å². The van der Waals surface area contributed by atoms with E-state index in [1.54, 1.807) is 23.9 Å². The first-order valence-electron chi connectivity index (χ1n) is 8.93. The van der Waals surface area contributed by atoms with Crippen LogP contribution in [0, 0.1) is 6.92 Å². The molecule has 0 unspecified atom stereocenters. The number of carbonyl (C=O) groups excluding carboxylic acids is 1. The van der Waals surface area contributed by atoms with Crippen LogP contribution in [0.2, 0.25) is 0 Å². The van der Waals surface area contributed by atoms with Crippen LogP contribution >= 0.6 is 0 Å². The Labute approximate surface area is 156 Å². The van der Waals surface area contributed by atoms with Crippen LogP contribution in [0.5, 0.6) is 0 Å². The second-order valence-electron chi connectivity index (χ2n) is 6.97. The van der Waals surface area contributed by atoms with E-state index in [9.17, 15) is 18.0 Å². The maximum Gasteiger partial charge on any atom is 0.416 e. The molecule has 2 aromatic rings. The Morgan fingerprint density at radius 3 is 2.52 bits per heavy atom. The maximum atomic E-state index is 13.1. The van der Waals surface area contributed by atoms with Crippen molar-refractivity contribution in [2.75, 3.05) is 13.1 Å². The summed E-state index contributed by atoms with van der Waals surface area (Å²) < 4.78 is 40.9. The summed E-state index contributed by atoms with van der Waals surface area (Å²) in [6, 6.07) is 7.45. The third-order valence-electron chi connectivity index (χ3n) is 4.87. The summed E-state index contributed by atoms with van der Waals surface area (Å²) in [5.74, 6) is -0.168. The topological polar surface area (TPSA) is 50.2 Å². The molecule has 1 saturated heterocycles. The number of hydrogen-bond donors (Lipinski definition) is 1. The molecule has 1 aliphatic rings. The standard InChI is InChI=1S/C19H23F3N4O/c1-13-11-17(25(2)24-13)18(27)23-15-7-9-26(10-8-15)12-14-5-3-4-6-16(14)19(20,21)22/h3-6,11,15H,7-10,12H2,1-2H3,(H,23,27). The minimum absolute atomic E-state index is 0.0156. The lowest BCUT2D eigenvalue weighted by Gasteiger charge is -2.32. The highest BCUT2D eigenvalue weighted by Gasteiger charge is 2.33. The predicted octanol–water partition coefficient (Wildman–Crippen LogP) is 3.14. The summed E-state index contributed by atoms with van der Waals surface area (Å²) in [5.41, 5.74) is 1.000. The van der Waals surface area contributed by atoms with Gasteiger partial charge in [0.1, 0.15) is 5.69 Å². The van der Waals surface area contributed by atoms with Gasteiger partial charge in [0.2, 0.25) is 0 Å². The number of carbonyl (C=O) groups is 1. The normalized spacial score (nSPS) is 16.5. The second kappa shape index (κ2) is 7.72. The van der Waals surface area contributed by atoms with E-state index in [0.717, 1.165) is 11.8 Å². The van der Waals surface area contributed by atoms with Gasteiger partial charge in [0.05, 0.1) is 11.3 Å². The van der Waals surface area contributed by atoms with E-state index in [4.69, 9.17) is 0 Å². The minimum Gasteiger partial charge on any atom is -0.348 e. The van der Waals surface area contributed by atoms with Gasteiger partial charge in [0.25, 0.3) is 5.91 Å². The number of aryl methyl sites for hydroxylation is 2. The van der Waals surface area contributed by atoms with Crippen molar-refractivity contribution >= 4 is 5.91 Å². The van der Waals surface area contributed by atoms with Gasteiger partial charge >= 0.3 is 6.18 Å². The van der Waals surface area contributed by atoms with E-state index < -0.39 is 11.7 Å². The molecule has 146 valence electrons. The average molecular weight is 380 g/mol. The zero-order chi connectivity index (χ0) is 19.6. The highest BCUT2D eigenvalue weighted by Crippen LogP contribution is 2.32. The number of nitrogens with one attached hydrogen (secondary N) is 1. The molecule has 1 aliphatic heterocycles. The van der Waals surface area contributed by atoms with Crippen molar-refractivity contribution in [1.29, 1.82) is 0 Å². The first-order valence-corrected chi connectivity index (χ1v) is 8.93. The Balaban J connectivity index is 1.55. The lowest BCUT2D eigenvalue weighted by molar-refractivity contribution is -0.138. The fourth-order valence-electron chi connectivity index (χ4n) is 3.49. The van der Waals surface area contributed by atoms with Gasteiger partial charge in [0.15, 0.2) is 0 Å². The molecular weight excluding hydrogens is 357 g/mol. The van der Waals surface area contributed by atoms with E-state index in [1.165, 1.54) is 12.1 Å². The summed E-state index contributed by atoms with van der Waals surface area (Å²) >= 11 is 0. The van der Waals surface area contributed by atoms with Crippen molar-refractivity contribution in [1.82, 2.24) is 20.0 Å². The first kappa shape index (κ1) is 19.4. The van der Waals surface area contributed by atoms with Crippen LogP contribution in [0.25, 0.3) is 0 Å². The molecule has 0 atom stereocenters. The highest BCUT2D eigenvalue weighted by molar-refractivity contribution is 5.92. The summed E-state index contributed by atoms with van der Waals surface area (Å²) in [6.07, 6.45) is -2.93. The maximum absolute atomic E-state index is 13.1. The van der Waals surface area contributed by atoms with Gasteiger partial charge in [-0.05, 0) is 37.5 Å². The van der Waals surface area contributed by atoms with Gasteiger partial charge in [-0.3, -0.25) is 14.4 Å². The van der Waals surface area contributed by atoms with Crippen molar-refractivity contribution in [3.8, 4) is 0 Å². The minimum atomic E-state index is -4.34. The van der Waals surface area contributed by atoms with Gasteiger partial charge in [-0.15, -0.1) is 0 Å². The van der Waals surface area contributed by atoms with Crippen LogP contribution in [0.1, 0.15) is 40.2 Å². The molecule has 1 N–H and O–H groups in total. The predicted molar refractivity (Wildman–Crippen MR) is 95.2 cm³/mol. The quantitative estimate of drug-likeness (QED) is 0.887. The van der Waals surface area contributed by atoms with Crippen molar-refractivity contribution in [2.24, 2.45) is 7.05 Å². The van der Waals surface area contributed by atoms with Crippen molar-refractivity contribution < 1.29 is 18.0 Å². The molecular formula is C19H23F3N4O. The van der Waals surface area contributed by atoms with Crippen molar-refractivity contribution in [2.45, 2.75) is 38.5 Å². The highest BCUT2D eigenvalue weighted by atomic mass is 19.4. The number of benzene rings is 1. The van der Waals surface area contributed by atoms with E-state index in [-0.39, 0.29) is 24.1 Å². The van der Waals surface area contributed by atoms with E-state index in [2.05, 4.69) is 10.4 Å². The smallest absolute Gasteiger partial charge is 0.348 e. The fraction of sp³-hybridized carbons (Fsp3) is 0.474. The number of nitrogens with zero attached hydrogens (tertiary/aromatic N) is 3. The number of aromatic nitrogens is 2. The number of likely N-dealkylation sites (tertiary alicyclic amines) is 1. The molecule has 0 bridgehead atoms. The SMILES string of the molecule is Cc1cc(C(=O)NC2CCN(Cc3ccccc3C(F)(F)F)CC2)n(C)n1. The zero-order valence-corrected chi connectivity index (χ0v) is 15.4. The molecule has 0 saturated carbocycles. The summed E-state index contributed by atoms with van der Waals surface area (Å²) in [7, 11) is 1.72. The second-order valence-corrected chi connectivity index (χ2v) is 6.97. The first-order chi connectivity index (χ1) is 12.7. The Kier molecular flexibility index (Phi) is 5.55. The van der Waals surface area contributed by atoms with Gasteiger partial charge in [-0.2, -0.15) is 18.3 Å². The molecule has 3 rings (SSSR count). The average Bonchev–Trinajstić information content (AvgIpc) is 2.95. The molecule has 8 heteroatoms. The molecule has 5 nitrogen and oxygen atoms in total. The Morgan fingerprint density at radius 1 is 1.26 bits per heavy atom. The van der Waals surface area contributed by atoms with Gasteiger partial charge in [0, 0.05) is 32.7 Å². The third kappa shape index (κ3) is 4.68. The van der Waals surface area contributed by atoms with E-state index in [0.29, 0.717) is 31.6 Å². The largest absolute Gasteiger partial charge is 0.416 e. The Morgan fingerprint density at radius 2 is 1.93 bits per heavy atom. The molecule has 0 spiro atoms. The number of halogens is 3. The summed E-state index contributed by atoms with van der Waals surface area (Å²) in [5, 5.41) is 7.17. The lowest BCUT2D eigenvalue weighted by Crippen LogP contribution is -2.44. The van der Waals surface area contributed by atoms with Gasteiger partial charge < -0.3 is 5.32 Å². The van der Waals surface area contributed by atoms with Gasteiger partial charge in [-0.25, -0.2) is 0 Å². The number of amides is 1. The molecule has 0 radical (unpaired) electrons. The molecule has 2 heterocycles. The molecule has 27 heavy (non-hydrogen) atoms. The lowest BCUT2D eigenvalue weighted by atomic mass is 10.0. The van der Waals surface area contributed by atoms with Crippen LogP contribution in [-0.2, 0) is 19.8 Å². The number of hydrogen-bond acceptors (Lipinski definition) is 3. The molecule has 1 aromatic heterocycles. The molecule has 1 amide bonds. The number of rotatable bonds is 4. The monoisotopic (exact) mass is 380 g/mol. The van der Waals surface area contributed by atoms with Crippen molar-refractivity contribution in [3.05, 3.63) is 52.8 Å². The van der Waals surface area contributed by atoms with Crippen LogP contribution in [0.4, 0.5) is 13.2 Å².